The average molecular weight is 441 g/mol. The van der Waals surface area contributed by atoms with Crippen molar-refractivity contribution in [3.05, 3.63) is 48.3 Å². The molecule has 2 heterocycles. The van der Waals surface area contributed by atoms with Crippen molar-refractivity contribution >= 4 is 23.5 Å². The third kappa shape index (κ3) is 4.79. The highest BCUT2D eigenvalue weighted by atomic mass is 19.1. The van der Waals surface area contributed by atoms with Crippen LogP contribution >= 0.6 is 0 Å². The largest absolute Gasteiger partial charge is 0.444 e. The number of hydrogen-bond donors (Lipinski definition) is 2. The predicted molar refractivity (Wildman–Crippen MR) is 122 cm³/mol. The number of nitrogen functional groups attached to an aromatic ring is 1. The second-order valence-corrected chi connectivity index (χ2v) is 9.55. The van der Waals surface area contributed by atoms with Crippen LogP contribution in [-0.4, -0.2) is 53.7 Å². The number of rotatable bonds is 2. The lowest BCUT2D eigenvalue weighted by Crippen LogP contribution is -2.39. The van der Waals surface area contributed by atoms with Gasteiger partial charge in [0.25, 0.3) is 0 Å². The number of nitrogens with two attached hydrogens (primary N) is 1. The summed E-state index contributed by atoms with van der Waals surface area (Å²) in [6, 6.07) is 11.3. The number of nitrogens with one attached hydrogen (secondary N) is 1. The molecule has 3 N–H and O–H groups in total. The first-order chi connectivity index (χ1) is 15.1. The van der Waals surface area contributed by atoms with E-state index in [4.69, 9.17) is 10.5 Å². The molecule has 8 heteroatoms. The Labute approximate surface area is 187 Å². The fraction of sp³-hybridized carbons (Fsp3) is 0.417. The van der Waals surface area contributed by atoms with Gasteiger partial charge in [-0.15, -0.1) is 0 Å². The first-order valence-electron chi connectivity index (χ1n) is 10.8. The molecule has 0 spiro atoms. The lowest BCUT2D eigenvalue weighted by molar-refractivity contribution is 0.0277. The van der Waals surface area contributed by atoms with Crippen LogP contribution in [0, 0.1) is 17.7 Å². The number of anilines is 2. The number of halogens is 1. The van der Waals surface area contributed by atoms with Crippen molar-refractivity contribution in [3.63, 3.8) is 0 Å². The molecule has 7 nitrogen and oxygen atoms in total. The number of carbonyl (C=O) groups is 2. The van der Waals surface area contributed by atoms with Gasteiger partial charge in [-0.2, -0.15) is 0 Å². The molecule has 0 aromatic heterocycles. The molecule has 4 rings (SSSR count). The monoisotopic (exact) mass is 440 g/mol. The quantitative estimate of drug-likeness (QED) is 0.678. The van der Waals surface area contributed by atoms with Crippen molar-refractivity contribution in [2.75, 3.05) is 37.2 Å². The van der Waals surface area contributed by atoms with E-state index in [-0.39, 0.29) is 29.8 Å². The minimum Gasteiger partial charge on any atom is -0.444 e. The first kappa shape index (κ1) is 21.9. The van der Waals surface area contributed by atoms with Gasteiger partial charge in [0.05, 0.1) is 11.4 Å². The first-order valence-corrected chi connectivity index (χ1v) is 10.8. The normalized spacial score (nSPS) is 20.2. The summed E-state index contributed by atoms with van der Waals surface area (Å²) >= 11 is 0. The number of urea groups is 1. The molecule has 2 aliphatic heterocycles. The van der Waals surface area contributed by atoms with Crippen molar-refractivity contribution in [1.82, 2.24) is 9.80 Å². The van der Waals surface area contributed by atoms with Crippen molar-refractivity contribution < 1.29 is 18.7 Å². The van der Waals surface area contributed by atoms with E-state index in [2.05, 4.69) is 5.32 Å². The van der Waals surface area contributed by atoms with Gasteiger partial charge in [0.1, 0.15) is 11.4 Å². The van der Waals surface area contributed by atoms with Gasteiger partial charge in [0, 0.05) is 38.0 Å². The topological polar surface area (TPSA) is 87.9 Å². The van der Waals surface area contributed by atoms with Crippen molar-refractivity contribution in [2.24, 2.45) is 11.8 Å². The second-order valence-electron chi connectivity index (χ2n) is 9.55. The smallest absolute Gasteiger partial charge is 0.410 e. The molecule has 2 atom stereocenters. The molecule has 0 radical (unpaired) electrons. The maximum Gasteiger partial charge on any atom is 0.410 e. The van der Waals surface area contributed by atoms with Crippen LogP contribution in [-0.2, 0) is 4.74 Å². The van der Waals surface area contributed by atoms with Gasteiger partial charge in [-0.1, -0.05) is 18.2 Å². The van der Waals surface area contributed by atoms with Crippen molar-refractivity contribution in [2.45, 2.75) is 26.4 Å². The molecular formula is C24H29FN4O3. The minimum absolute atomic E-state index is 0.217. The number of likely N-dealkylation sites (tertiary alicyclic amines) is 2. The highest BCUT2D eigenvalue weighted by Gasteiger charge is 2.44. The summed E-state index contributed by atoms with van der Waals surface area (Å²) in [5.41, 5.74) is 8.20. The number of fused-ring (bicyclic) bond motifs is 1. The Morgan fingerprint density at radius 3 is 2.12 bits per heavy atom. The molecule has 3 amide bonds. The third-order valence-electron chi connectivity index (χ3n) is 5.90. The van der Waals surface area contributed by atoms with E-state index < -0.39 is 5.60 Å². The molecule has 170 valence electrons. The zero-order valence-corrected chi connectivity index (χ0v) is 18.6. The Balaban J connectivity index is 1.38. The number of benzene rings is 2. The Morgan fingerprint density at radius 2 is 1.53 bits per heavy atom. The molecule has 2 fully saturated rings. The predicted octanol–water partition coefficient (Wildman–Crippen LogP) is 4.41. The van der Waals surface area contributed by atoms with Gasteiger partial charge in [0.2, 0.25) is 0 Å². The van der Waals surface area contributed by atoms with Crippen LogP contribution in [0.15, 0.2) is 42.5 Å². The van der Waals surface area contributed by atoms with Gasteiger partial charge in [0.15, 0.2) is 0 Å². The van der Waals surface area contributed by atoms with Crippen LogP contribution in [0.2, 0.25) is 0 Å². The Kier molecular flexibility index (Phi) is 5.71. The molecule has 2 aliphatic rings. The molecule has 0 bridgehead atoms. The van der Waals surface area contributed by atoms with Crippen LogP contribution in [0.1, 0.15) is 20.8 Å². The van der Waals surface area contributed by atoms with Gasteiger partial charge >= 0.3 is 12.1 Å². The lowest BCUT2D eigenvalue weighted by Gasteiger charge is -2.26. The maximum atomic E-state index is 13.2. The summed E-state index contributed by atoms with van der Waals surface area (Å²) in [5.74, 6) is 0.162. The van der Waals surface area contributed by atoms with Crippen LogP contribution < -0.4 is 11.1 Å². The highest BCUT2D eigenvalue weighted by molar-refractivity contribution is 5.94. The summed E-state index contributed by atoms with van der Waals surface area (Å²) in [7, 11) is 0. The van der Waals surface area contributed by atoms with E-state index >= 15 is 0 Å². The summed E-state index contributed by atoms with van der Waals surface area (Å²) in [6.07, 6.45) is -0.298. The Morgan fingerprint density at radius 1 is 0.969 bits per heavy atom. The van der Waals surface area contributed by atoms with Crippen LogP contribution in [0.4, 0.5) is 25.4 Å². The van der Waals surface area contributed by atoms with Crippen molar-refractivity contribution in [1.29, 1.82) is 0 Å². The SMILES string of the molecule is CC(C)(C)OC(=O)N1CC2CN(C(=O)Nc3cc(-c4ccc(F)cc4)ccc3N)CC2C1. The van der Waals surface area contributed by atoms with Crippen LogP contribution in [0.25, 0.3) is 11.1 Å². The van der Waals surface area contributed by atoms with E-state index in [9.17, 15) is 14.0 Å². The number of carbonyl (C=O) groups excluding carboxylic acids is 2. The molecule has 2 aromatic rings. The Hall–Kier alpha value is -3.29. The minimum atomic E-state index is -0.525. The molecule has 2 aromatic carbocycles. The Bertz CT molecular complexity index is 1000. The van der Waals surface area contributed by atoms with Gasteiger partial charge in [-0.3, -0.25) is 0 Å². The number of hydrogen-bond acceptors (Lipinski definition) is 4. The zero-order valence-electron chi connectivity index (χ0n) is 18.6. The summed E-state index contributed by atoms with van der Waals surface area (Å²) in [5, 5.41) is 2.91. The number of nitrogens with zero attached hydrogens (tertiary/aromatic N) is 2. The highest BCUT2D eigenvalue weighted by Crippen LogP contribution is 2.33. The maximum absolute atomic E-state index is 13.2. The molecule has 2 saturated heterocycles. The third-order valence-corrected chi connectivity index (χ3v) is 5.90. The van der Waals surface area contributed by atoms with E-state index in [0.29, 0.717) is 37.6 Å². The summed E-state index contributed by atoms with van der Waals surface area (Å²) < 4.78 is 18.7. The lowest BCUT2D eigenvalue weighted by atomic mass is 10.0. The average Bonchev–Trinajstić information content (AvgIpc) is 3.28. The fourth-order valence-electron chi connectivity index (χ4n) is 4.32. The molecular weight excluding hydrogens is 411 g/mol. The zero-order chi connectivity index (χ0) is 23.0. The summed E-state index contributed by atoms with van der Waals surface area (Å²) in [6.45, 7) is 7.89. The number of ether oxygens (including phenoxy) is 1. The fourth-order valence-corrected chi connectivity index (χ4v) is 4.32. The second kappa shape index (κ2) is 8.33. The van der Waals surface area contributed by atoms with Crippen LogP contribution in [0.3, 0.4) is 0 Å². The van der Waals surface area contributed by atoms with E-state index in [1.807, 2.05) is 26.8 Å². The van der Waals surface area contributed by atoms with Crippen LogP contribution in [0.5, 0.6) is 0 Å². The van der Waals surface area contributed by atoms with E-state index in [1.165, 1.54) is 12.1 Å². The van der Waals surface area contributed by atoms with Gasteiger partial charge in [-0.05, 0) is 56.2 Å². The van der Waals surface area contributed by atoms with E-state index in [1.54, 1.807) is 34.1 Å². The molecule has 2 unspecified atom stereocenters. The molecule has 0 saturated carbocycles. The summed E-state index contributed by atoms with van der Waals surface area (Å²) in [4.78, 5) is 28.7. The molecule has 32 heavy (non-hydrogen) atoms. The number of amides is 3. The molecule has 0 aliphatic carbocycles. The van der Waals surface area contributed by atoms with Gasteiger partial charge < -0.3 is 25.6 Å². The van der Waals surface area contributed by atoms with Crippen molar-refractivity contribution in [3.8, 4) is 11.1 Å². The standard InChI is InChI=1S/C24H29FN4O3/c1-24(2,3)32-23(31)29-13-17-11-28(12-18(17)14-29)22(30)27-21-10-16(6-9-20(21)26)15-4-7-19(25)8-5-15/h4-10,17-18H,11-14,26H2,1-3H3,(H,27,30). The van der Waals surface area contributed by atoms with Gasteiger partial charge in [-0.25, -0.2) is 14.0 Å². The van der Waals surface area contributed by atoms with E-state index in [0.717, 1.165) is 11.1 Å².